The third-order valence-electron chi connectivity index (χ3n) is 8.15. The van der Waals surface area contributed by atoms with Gasteiger partial charge in [0.1, 0.15) is 0 Å². The zero-order valence-electron chi connectivity index (χ0n) is 23.7. The molecule has 2 aliphatic heterocycles. The summed E-state index contributed by atoms with van der Waals surface area (Å²) < 4.78 is 36.0. The van der Waals surface area contributed by atoms with Gasteiger partial charge in [-0.2, -0.15) is 0 Å². The maximum absolute atomic E-state index is 14.4. The van der Waals surface area contributed by atoms with Crippen LogP contribution in [0.15, 0.2) is 58.6 Å². The summed E-state index contributed by atoms with van der Waals surface area (Å²) in [6.45, 7) is 4.17. The first-order valence-electron chi connectivity index (χ1n) is 14.0. The molecule has 0 saturated carbocycles. The van der Waals surface area contributed by atoms with Crippen molar-refractivity contribution >= 4 is 34.2 Å². The number of thioether (sulfide) groups is 1. The molecule has 1 saturated heterocycles. The largest absolute Gasteiger partial charge is 0.481 e. The molecular weight excluding hydrogens is 578 g/mol. The molecule has 5 heterocycles. The van der Waals surface area contributed by atoms with E-state index in [0.29, 0.717) is 36.6 Å². The second-order valence-corrected chi connectivity index (χ2v) is 11.9. The Labute approximate surface area is 250 Å². The molecule has 43 heavy (non-hydrogen) atoms. The van der Waals surface area contributed by atoms with E-state index >= 15 is 0 Å². The van der Waals surface area contributed by atoms with Crippen molar-refractivity contribution in [1.29, 1.82) is 0 Å². The third kappa shape index (κ3) is 5.66. The SMILES string of the molecule is COc1cc(CN(Cc2c3n(c4cc(F)c(F)cc4c2=O)C(C)CS3)[C@H]2CCCN(c3ccc([N+](=O)[O-])nc3)C2)ccn1. The average Bonchev–Trinajstić information content (AvgIpc) is 3.41. The molecule has 1 aromatic carbocycles. The van der Waals surface area contributed by atoms with Crippen LogP contribution in [0.25, 0.3) is 10.9 Å². The molecule has 224 valence electrons. The highest BCUT2D eigenvalue weighted by atomic mass is 32.2. The number of hydrogen-bond donors (Lipinski definition) is 0. The normalized spacial score (nSPS) is 18.3. The smallest absolute Gasteiger partial charge is 0.363 e. The molecule has 0 N–H and O–H groups in total. The second-order valence-electron chi connectivity index (χ2n) is 10.9. The van der Waals surface area contributed by atoms with E-state index in [0.717, 1.165) is 53.5 Å². The summed E-state index contributed by atoms with van der Waals surface area (Å²) in [4.78, 5) is 37.2. The number of nitro groups is 1. The van der Waals surface area contributed by atoms with E-state index < -0.39 is 16.6 Å². The summed E-state index contributed by atoms with van der Waals surface area (Å²) in [7, 11) is 1.56. The van der Waals surface area contributed by atoms with Gasteiger partial charge in [-0.15, -0.1) is 11.8 Å². The molecule has 2 aliphatic rings. The van der Waals surface area contributed by atoms with Gasteiger partial charge in [0.25, 0.3) is 0 Å². The van der Waals surface area contributed by atoms with Crippen LogP contribution >= 0.6 is 11.8 Å². The number of rotatable bonds is 8. The van der Waals surface area contributed by atoms with Gasteiger partial charge in [-0.25, -0.2) is 13.8 Å². The molecule has 0 bridgehead atoms. The molecule has 0 amide bonds. The number of halogens is 2. The van der Waals surface area contributed by atoms with Gasteiger partial charge in [-0.05, 0) is 53.4 Å². The zero-order valence-corrected chi connectivity index (χ0v) is 24.5. The zero-order chi connectivity index (χ0) is 30.2. The van der Waals surface area contributed by atoms with Gasteiger partial charge >= 0.3 is 5.82 Å². The highest BCUT2D eigenvalue weighted by molar-refractivity contribution is 7.99. The molecule has 6 rings (SSSR count). The number of anilines is 1. The lowest BCUT2D eigenvalue weighted by atomic mass is 10.0. The van der Waals surface area contributed by atoms with Crippen LogP contribution in [0.1, 0.15) is 36.9 Å². The van der Waals surface area contributed by atoms with Gasteiger partial charge in [0.15, 0.2) is 23.3 Å². The second kappa shape index (κ2) is 11.9. The van der Waals surface area contributed by atoms with Crippen molar-refractivity contribution in [1.82, 2.24) is 19.4 Å². The molecular formula is C30H30F2N6O4S. The van der Waals surface area contributed by atoms with E-state index in [1.54, 1.807) is 31.1 Å². The average molecular weight is 609 g/mol. The van der Waals surface area contributed by atoms with Gasteiger partial charge < -0.3 is 24.3 Å². The fourth-order valence-electron chi connectivity index (χ4n) is 6.01. The van der Waals surface area contributed by atoms with Crippen molar-refractivity contribution < 1.29 is 18.4 Å². The number of nitrogens with zero attached hydrogens (tertiary/aromatic N) is 6. The lowest BCUT2D eigenvalue weighted by Crippen LogP contribution is -2.48. The van der Waals surface area contributed by atoms with Crippen LogP contribution < -0.4 is 15.1 Å². The minimum atomic E-state index is -1.05. The molecule has 13 heteroatoms. The van der Waals surface area contributed by atoms with Crippen molar-refractivity contribution in [3.63, 3.8) is 0 Å². The number of hydrogen-bond acceptors (Lipinski definition) is 9. The van der Waals surface area contributed by atoms with Crippen LogP contribution in [0.4, 0.5) is 20.3 Å². The van der Waals surface area contributed by atoms with Gasteiger partial charge in [0, 0.05) is 79.4 Å². The molecule has 0 spiro atoms. The first kappa shape index (κ1) is 29.0. The Hall–Kier alpha value is -4.10. The number of pyridine rings is 3. The Morgan fingerprint density at radius 3 is 2.72 bits per heavy atom. The van der Waals surface area contributed by atoms with E-state index in [4.69, 9.17) is 4.74 Å². The van der Waals surface area contributed by atoms with E-state index in [1.165, 1.54) is 12.3 Å². The monoisotopic (exact) mass is 608 g/mol. The fourth-order valence-corrected chi connectivity index (χ4v) is 7.31. The Balaban J connectivity index is 1.39. The van der Waals surface area contributed by atoms with Crippen LogP contribution in [-0.4, -0.2) is 56.4 Å². The van der Waals surface area contributed by atoms with Crippen molar-refractivity contribution in [3.8, 4) is 5.88 Å². The molecule has 10 nitrogen and oxygen atoms in total. The van der Waals surface area contributed by atoms with Gasteiger partial charge in [0.05, 0.1) is 23.3 Å². The molecule has 4 aromatic rings. The van der Waals surface area contributed by atoms with Gasteiger partial charge in [-0.3, -0.25) is 9.69 Å². The standard InChI is InChI=1S/C30H30F2N6O4S/c1-18-17-43-30-23(29(39)22-11-24(31)25(32)12-26(22)37(18)30)16-36(14-19-7-8-33-28(10-19)42-2)21-4-3-9-35(15-21)20-5-6-27(34-13-20)38(40)41/h5-8,10-13,18,21H,3-4,9,14-17H2,1-2H3/t18?,21-/m0/s1. The van der Waals surface area contributed by atoms with Crippen LogP contribution in [0.5, 0.6) is 5.88 Å². The summed E-state index contributed by atoms with van der Waals surface area (Å²) in [6, 6.07) is 9.03. The molecule has 2 atom stereocenters. The molecule has 1 unspecified atom stereocenters. The third-order valence-corrected chi connectivity index (χ3v) is 9.51. The molecule has 1 fully saturated rings. The number of methoxy groups -OCH3 is 1. The highest BCUT2D eigenvalue weighted by Gasteiger charge is 2.32. The number of ether oxygens (including phenoxy) is 1. The quantitative estimate of drug-likeness (QED) is 0.194. The summed E-state index contributed by atoms with van der Waals surface area (Å²) in [6.07, 6.45) is 4.93. The van der Waals surface area contributed by atoms with E-state index in [9.17, 15) is 23.7 Å². The summed E-state index contributed by atoms with van der Waals surface area (Å²) in [5.41, 5.74) is 2.40. The van der Waals surface area contributed by atoms with Crippen molar-refractivity contribution in [2.45, 2.75) is 50.0 Å². The van der Waals surface area contributed by atoms with Crippen molar-refractivity contribution in [3.05, 3.63) is 91.9 Å². The lowest BCUT2D eigenvalue weighted by molar-refractivity contribution is -0.389. The number of piperidine rings is 1. The number of aromatic nitrogens is 3. The van der Waals surface area contributed by atoms with Crippen LogP contribution in [0.2, 0.25) is 0 Å². The van der Waals surface area contributed by atoms with E-state index in [2.05, 4.69) is 19.8 Å². The predicted molar refractivity (Wildman–Crippen MR) is 160 cm³/mol. The maximum Gasteiger partial charge on any atom is 0.363 e. The van der Waals surface area contributed by atoms with Crippen LogP contribution in [0, 0.1) is 21.7 Å². The maximum atomic E-state index is 14.4. The van der Waals surface area contributed by atoms with Crippen LogP contribution in [0.3, 0.4) is 0 Å². The lowest BCUT2D eigenvalue weighted by Gasteiger charge is -2.40. The molecule has 3 aromatic heterocycles. The topological polar surface area (TPSA) is 107 Å². The number of benzene rings is 1. The van der Waals surface area contributed by atoms with E-state index in [-0.39, 0.29) is 28.7 Å². The van der Waals surface area contributed by atoms with Crippen molar-refractivity contribution in [2.75, 3.05) is 30.9 Å². The van der Waals surface area contributed by atoms with Crippen molar-refractivity contribution in [2.24, 2.45) is 0 Å². The summed E-state index contributed by atoms with van der Waals surface area (Å²) >= 11 is 1.56. The first-order valence-corrected chi connectivity index (χ1v) is 15.0. The molecule has 0 radical (unpaired) electrons. The minimum absolute atomic E-state index is 0.00410. The number of fused-ring (bicyclic) bond motifs is 3. The predicted octanol–water partition coefficient (Wildman–Crippen LogP) is 5.32. The van der Waals surface area contributed by atoms with Gasteiger partial charge in [-0.1, -0.05) is 0 Å². The van der Waals surface area contributed by atoms with Crippen LogP contribution in [-0.2, 0) is 13.1 Å². The fraction of sp³-hybridized carbons (Fsp3) is 0.367. The molecule has 0 aliphatic carbocycles. The Morgan fingerprint density at radius 2 is 1.98 bits per heavy atom. The Morgan fingerprint density at radius 1 is 1.16 bits per heavy atom. The highest BCUT2D eigenvalue weighted by Crippen LogP contribution is 2.39. The minimum Gasteiger partial charge on any atom is -0.481 e. The van der Waals surface area contributed by atoms with Gasteiger partial charge in [0.2, 0.25) is 5.88 Å². The first-order chi connectivity index (χ1) is 20.7. The summed E-state index contributed by atoms with van der Waals surface area (Å²) in [5.74, 6) is -1.03. The summed E-state index contributed by atoms with van der Waals surface area (Å²) in [5, 5.41) is 12.1. The Kier molecular flexibility index (Phi) is 8.01. The van der Waals surface area contributed by atoms with E-state index in [1.807, 2.05) is 23.6 Å². The Bertz CT molecular complexity index is 1750.